The minimum Gasteiger partial charge on any atom is -0.496 e. The fourth-order valence-corrected chi connectivity index (χ4v) is 4.28. The van der Waals surface area contributed by atoms with Crippen LogP contribution in [0, 0.1) is 0 Å². The Hall–Kier alpha value is -3.12. The van der Waals surface area contributed by atoms with Crippen LogP contribution in [0.4, 0.5) is 0 Å². The number of carbonyl (C=O) groups is 1. The van der Waals surface area contributed by atoms with E-state index in [1.165, 1.54) is 13.2 Å². The monoisotopic (exact) mass is 392 g/mol. The molecule has 1 fully saturated rings. The van der Waals surface area contributed by atoms with Gasteiger partial charge in [-0.1, -0.05) is 30.3 Å². The van der Waals surface area contributed by atoms with Crippen molar-refractivity contribution in [3.8, 4) is 22.8 Å². The van der Waals surface area contributed by atoms with E-state index >= 15 is 0 Å². The molecule has 2 atom stereocenters. The summed E-state index contributed by atoms with van der Waals surface area (Å²) in [5.74, 6) is 0.656. The third-order valence-electron chi connectivity index (χ3n) is 5.65. The van der Waals surface area contributed by atoms with Crippen molar-refractivity contribution in [2.75, 3.05) is 13.7 Å². The maximum Gasteiger partial charge on any atom is 0.197 e. The fourth-order valence-electron chi connectivity index (χ4n) is 4.28. The third kappa shape index (κ3) is 2.59. The molecule has 0 unspecified atom stereocenters. The van der Waals surface area contributed by atoms with Crippen LogP contribution in [0.1, 0.15) is 25.3 Å². The number of fused-ring (bicyclic) bond motifs is 5. The maximum atomic E-state index is 13.1. The molecule has 6 heteroatoms. The lowest BCUT2D eigenvalue weighted by atomic mass is 9.83. The van der Waals surface area contributed by atoms with E-state index < -0.39 is 17.6 Å². The molecule has 29 heavy (non-hydrogen) atoms. The number of benzene rings is 2. The molecule has 0 radical (unpaired) electrons. The second kappa shape index (κ2) is 6.19. The first-order chi connectivity index (χ1) is 13.9. The van der Waals surface area contributed by atoms with Crippen LogP contribution in [0.2, 0.25) is 0 Å². The van der Waals surface area contributed by atoms with Crippen molar-refractivity contribution in [1.82, 2.24) is 0 Å². The predicted molar refractivity (Wildman–Crippen MR) is 107 cm³/mol. The first kappa shape index (κ1) is 17.9. The van der Waals surface area contributed by atoms with Crippen LogP contribution in [0.3, 0.4) is 0 Å². The van der Waals surface area contributed by atoms with Crippen LogP contribution in [0.25, 0.3) is 22.3 Å². The normalized spacial score (nSPS) is 22.1. The summed E-state index contributed by atoms with van der Waals surface area (Å²) in [6.07, 6.45) is -0.424. The van der Waals surface area contributed by atoms with Crippen LogP contribution < -0.4 is 14.9 Å². The van der Waals surface area contributed by atoms with Crippen LogP contribution in [-0.4, -0.2) is 31.2 Å². The van der Waals surface area contributed by atoms with Crippen LogP contribution >= 0.6 is 0 Å². The zero-order valence-electron chi connectivity index (χ0n) is 16.4. The molecular weight excluding hydrogens is 372 g/mol. The number of ether oxygens (including phenoxy) is 3. The second-order valence-corrected chi connectivity index (χ2v) is 7.86. The molecule has 0 aliphatic carbocycles. The highest BCUT2D eigenvalue weighted by molar-refractivity contribution is 6.01. The van der Waals surface area contributed by atoms with Crippen molar-refractivity contribution in [3.63, 3.8) is 0 Å². The van der Waals surface area contributed by atoms with Gasteiger partial charge < -0.3 is 18.6 Å². The lowest BCUT2D eigenvalue weighted by Gasteiger charge is -2.27. The summed E-state index contributed by atoms with van der Waals surface area (Å²) < 4.78 is 23.5. The number of hydrogen-bond acceptors (Lipinski definition) is 6. The number of carbonyl (C=O) groups excluding carboxylic acids is 1. The molecule has 2 aromatic carbocycles. The molecule has 3 aromatic rings. The largest absolute Gasteiger partial charge is 0.496 e. The Balaban J connectivity index is 1.85. The van der Waals surface area contributed by atoms with Gasteiger partial charge in [0, 0.05) is 17.7 Å². The molecule has 6 nitrogen and oxygen atoms in total. The number of ketones is 1. The Kier molecular flexibility index (Phi) is 3.83. The van der Waals surface area contributed by atoms with Crippen molar-refractivity contribution in [2.45, 2.75) is 31.5 Å². The number of Topliss-reactive ketones (excluding diaryl/α,β-unsaturated/α-hetero) is 1. The summed E-state index contributed by atoms with van der Waals surface area (Å²) in [4.78, 5) is 26.2. The molecule has 0 bridgehead atoms. The van der Waals surface area contributed by atoms with Crippen LogP contribution in [0.5, 0.6) is 11.5 Å². The van der Waals surface area contributed by atoms with Crippen molar-refractivity contribution in [3.05, 3.63) is 58.3 Å². The van der Waals surface area contributed by atoms with Crippen LogP contribution in [0.15, 0.2) is 51.7 Å². The first-order valence-electron chi connectivity index (χ1n) is 9.50. The summed E-state index contributed by atoms with van der Waals surface area (Å²) in [5.41, 5.74) is 0.477. The molecule has 0 amide bonds. The van der Waals surface area contributed by atoms with Gasteiger partial charge in [0.15, 0.2) is 11.2 Å². The van der Waals surface area contributed by atoms with E-state index in [2.05, 4.69) is 0 Å². The van der Waals surface area contributed by atoms with E-state index in [4.69, 9.17) is 18.6 Å². The highest BCUT2D eigenvalue weighted by atomic mass is 16.6. The van der Waals surface area contributed by atoms with Gasteiger partial charge in [-0.15, -0.1) is 0 Å². The summed E-state index contributed by atoms with van der Waals surface area (Å²) in [7, 11) is 1.49. The molecule has 1 saturated heterocycles. The van der Waals surface area contributed by atoms with Crippen molar-refractivity contribution >= 4 is 16.8 Å². The SMILES string of the molecule is COc1cc2c(c3oc(-c4ccccc4)cc(=O)c13)[C@@H]1C(=O)C(C)(C)O[C@@H]1CO2. The Morgan fingerprint density at radius 2 is 1.86 bits per heavy atom. The molecule has 1 aromatic heterocycles. The van der Waals surface area contributed by atoms with Crippen LogP contribution in [-0.2, 0) is 9.53 Å². The summed E-state index contributed by atoms with van der Waals surface area (Å²) in [5, 5.41) is 0.299. The highest BCUT2D eigenvalue weighted by Crippen LogP contribution is 2.49. The van der Waals surface area contributed by atoms with Gasteiger partial charge >= 0.3 is 0 Å². The minimum atomic E-state index is -0.927. The Labute approximate surface area is 167 Å². The summed E-state index contributed by atoms with van der Waals surface area (Å²) in [6, 6.07) is 12.5. The molecule has 5 rings (SSSR count). The second-order valence-electron chi connectivity index (χ2n) is 7.86. The van der Waals surface area contributed by atoms with E-state index in [1.54, 1.807) is 19.9 Å². The van der Waals surface area contributed by atoms with Gasteiger partial charge in [-0.3, -0.25) is 9.59 Å². The number of hydrogen-bond donors (Lipinski definition) is 0. The van der Waals surface area contributed by atoms with Crippen molar-refractivity contribution in [1.29, 1.82) is 0 Å². The quantitative estimate of drug-likeness (QED) is 0.662. The average Bonchev–Trinajstić information content (AvgIpc) is 2.96. The van der Waals surface area contributed by atoms with Gasteiger partial charge in [0.1, 0.15) is 46.5 Å². The van der Waals surface area contributed by atoms with Crippen molar-refractivity contribution in [2.24, 2.45) is 0 Å². The van der Waals surface area contributed by atoms with Gasteiger partial charge in [0.25, 0.3) is 0 Å². The predicted octanol–water partition coefficient (Wildman–Crippen LogP) is 3.69. The minimum absolute atomic E-state index is 0.0497. The van der Waals surface area contributed by atoms with Crippen molar-refractivity contribution < 1.29 is 23.4 Å². The standard InChI is InChI=1S/C23H20O6/c1-23(2)22(25)20-17(29-23)11-27-16-10-15(26-3)18-13(24)9-14(28-21(18)19(16)20)12-7-5-4-6-8-12/h4-10,17,20H,11H2,1-3H3/t17-,20-/m1/s1. The first-order valence-corrected chi connectivity index (χ1v) is 9.50. The average molecular weight is 392 g/mol. The van der Waals surface area contributed by atoms with Gasteiger partial charge in [0.05, 0.1) is 18.6 Å². The lowest BCUT2D eigenvalue weighted by Crippen LogP contribution is -2.31. The lowest BCUT2D eigenvalue weighted by molar-refractivity contribution is -0.130. The van der Waals surface area contributed by atoms with Gasteiger partial charge in [0.2, 0.25) is 0 Å². The molecule has 2 aliphatic heterocycles. The van der Waals surface area contributed by atoms with E-state index in [0.29, 0.717) is 33.8 Å². The molecule has 0 saturated carbocycles. The third-order valence-corrected chi connectivity index (χ3v) is 5.65. The summed E-state index contributed by atoms with van der Waals surface area (Å²) in [6.45, 7) is 3.76. The van der Waals surface area contributed by atoms with E-state index in [0.717, 1.165) is 5.56 Å². The zero-order valence-corrected chi connectivity index (χ0v) is 16.4. The number of rotatable bonds is 2. The van der Waals surface area contributed by atoms with Gasteiger partial charge in [-0.2, -0.15) is 0 Å². The molecule has 148 valence electrons. The molecule has 0 N–H and O–H groups in total. The topological polar surface area (TPSA) is 75.0 Å². The Morgan fingerprint density at radius 1 is 1.10 bits per heavy atom. The van der Waals surface area contributed by atoms with E-state index in [9.17, 15) is 9.59 Å². The molecular formula is C23H20O6. The summed E-state index contributed by atoms with van der Waals surface area (Å²) >= 11 is 0. The van der Waals surface area contributed by atoms with E-state index in [-0.39, 0.29) is 17.8 Å². The fraction of sp³-hybridized carbons (Fsp3) is 0.304. The molecule has 3 heterocycles. The van der Waals surface area contributed by atoms with Gasteiger partial charge in [-0.25, -0.2) is 0 Å². The molecule has 0 spiro atoms. The maximum absolute atomic E-state index is 13.1. The highest BCUT2D eigenvalue weighted by Gasteiger charge is 2.53. The van der Waals surface area contributed by atoms with E-state index in [1.807, 2.05) is 30.3 Å². The Bertz CT molecular complexity index is 1190. The molecule has 2 aliphatic rings. The number of methoxy groups -OCH3 is 1. The smallest absolute Gasteiger partial charge is 0.197 e. The van der Waals surface area contributed by atoms with Gasteiger partial charge in [-0.05, 0) is 13.8 Å². The zero-order chi connectivity index (χ0) is 20.3. The Morgan fingerprint density at radius 3 is 2.59 bits per heavy atom.